The van der Waals surface area contributed by atoms with Crippen LogP contribution in [0.15, 0.2) is 60.0 Å². The molecule has 1 atom stereocenters. The number of piperidine rings is 1. The van der Waals surface area contributed by atoms with Crippen LogP contribution in [0.4, 0.5) is 0 Å². The van der Waals surface area contributed by atoms with Crippen molar-refractivity contribution in [1.82, 2.24) is 30.0 Å². The number of carbonyl (C=O) groups excluding carboxylic acids is 1. The van der Waals surface area contributed by atoms with Gasteiger partial charge in [-0.3, -0.25) is 14.3 Å². The van der Waals surface area contributed by atoms with E-state index in [1.807, 2.05) is 49.5 Å². The van der Waals surface area contributed by atoms with Gasteiger partial charge in [-0.1, -0.05) is 30.3 Å². The maximum absolute atomic E-state index is 13.3. The van der Waals surface area contributed by atoms with E-state index in [1.54, 1.807) is 15.6 Å². The fraction of sp³-hybridized carbons (Fsp3) is 0.391. The average Bonchev–Trinajstić information content (AvgIpc) is 3.31. The SMILES string of the molecule is Cc1ccn(C2CCNCC2)c(=O)c1C(=O)NC(CCn1cncn1)c1ccccc1. The van der Waals surface area contributed by atoms with Crippen molar-refractivity contribution in [2.75, 3.05) is 13.1 Å². The molecule has 3 heterocycles. The largest absolute Gasteiger partial charge is 0.345 e. The Labute approximate surface area is 181 Å². The minimum atomic E-state index is -0.335. The zero-order chi connectivity index (χ0) is 21.6. The topological polar surface area (TPSA) is 93.8 Å². The van der Waals surface area contributed by atoms with Crippen LogP contribution in [0.5, 0.6) is 0 Å². The molecule has 3 aromatic rings. The summed E-state index contributed by atoms with van der Waals surface area (Å²) in [6.45, 7) is 4.18. The Hall–Kier alpha value is -3.26. The highest BCUT2D eigenvalue weighted by atomic mass is 16.2. The number of rotatable bonds is 7. The van der Waals surface area contributed by atoms with E-state index in [9.17, 15) is 9.59 Å². The van der Waals surface area contributed by atoms with Crippen LogP contribution in [-0.2, 0) is 6.54 Å². The van der Waals surface area contributed by atoms with E-state index < -0.39 is 0 Å². The molecule has 1 amide bonds. The summed E-state index contributed by atoms with van der Waals surface area (Å²) in [5.74, 6) is -0.335. The maximum Gasteiger partial charge on any atom is 0.263 e. The number of carbonyl (C=O) groups is 1. The van der Waals surface area contributed by atoms with Crippen molar-refractivity contribution >= 4 is 5.91 Å². The predicted octanol–water partition coefficient (Wildman–Crippen LogP) is 2.23. The molecule has 8 heteroatoms. The zero-order valence-electron chi connectivity index (χ0n) is 17.7. The molecule has 0 radical (unpaired) electrons. The van der Waals surface area contributed by atoms with E-state index in [-0.39, 0.29) is 29.1 Å². The number of pyridine rings is 1. The lowest BCUT2D eigenvalue weighted by Crippen LogP contribution is -2.39. The average molecular weight is 421 g/mol. The molecule has 1 aromatic carbocycles. The van der Waals surface area contributed by atoms with Crippen LogP contribution in [0.3, 0.4) is 0 Å². The first-order chi connectivity index (χ1) is 15.1. The predicted molar refractivity (Wildman–Crippen MR) is 118 cm³/mol. The summed E-state index contributed by atoms with van der Waals surface area (Å²) in [4.78, 5) is 30.5. The second kappa shape index (κ2) is 9.70. The number of aryl methyl sites for hydroxylation is 2. The molecule has 1 fully saturated rings. The van der Waals surface area contributed by atoms with Crippen molar-refractivity contribution in [3.63, 3.8) is 0 Å². The molecule has 162 valence electrons. The molecule has 0 spiro atoms. The van der Waals surface area contributed by atoms with Crippen molar-refractivity contribution in [2.45, 2.75) is 44.8 Å². The standard InChI is InChI=1S/C23H28N6O2/c1-17-9-14-29(19-7-11-24-12-8-19)23(31)21(17)22(30)27-20(18-5-3-2-4-6-18)10-13-28-16-25-15-26-28/h2-6,9,14-16,19-20,24H,7-8,10-13H2,1H3,(H,27,30). The van der Waals surface area contributed by atoms with Crippen molar-refractivity contribution in [3.8, 4) is 0 Å². The lowest BCUT2D eigenvalue weighted by atomic mass is 10.0. The van der Waals surface area contributed by atoms with Crippen LogP contribution in [-0.4, -0.2) is 38.3 Å². The number of benzene rings is 1. The zero-order valence-corrected chi connectivity index (χ0v) is 17.7. The number of aromatic nitrogens is 4. The van der Waals surface area contributed by atoms with Crippen LogP contribution in [0, 0.1) is 6.92 Å². The highest BCUT2D eigenvalue weighted by Crippen LogP contribution is 2.20. The third-order valence-corrected chi connectivity index (χ3v) is 5.88. The second-order valence-corrected chi connectivity index (χ2v) is 7.95. The molecular weight excluding hydrogens is 392 g/mol. The summed E-state index contributed by atoms with van der Waals surface area (Å²) >= 11 is 0. The summed E-state index contributed by atoms with van der Waals surface area (Å²) in [7, 11) is 0. The summed E-state index contributed by atoms with van der Waals surface area (Å²) < 4.78 is 3.47. The van der Waals surface area contributed by atoms with Gasteiger partial charge in [0.05, 0.1) is 6.04 Å². The number of hydrogen-bond acceptors (Lipinski definition) is 5. The van der Waals surface area contributed by atoms with Gasteiger partial charge in [0.25, 0.3) is 11.5 Å². The van der Waals surface area contributed by atoms with Gasteiger partial charge in [0, 0.05) is 18.8 Å². The number of nitrogens with zero attached hydrogens (tertiary/aromatic N) is 4. The smallest absolute Gasteiger partial charge is 0.263 e. The summed E-state index contributed by atoms with van der Waals surface area (Å²) in [6.07, 6.45) is 7.37. The molecular formula is C23H28N6O2. The molecule has 1 aliphatic heterocycles. The van der Waals surface area contributed by atoms with Gasteiger partial charge in [-0.25, -0.2) is 4.98 Å². The van der Waals surface area contributed by atoms with E-state index in [1.165, 1.54) is 6.33 Å². The Morgan fingerprint density at radius 2 is 2.00 bits per heavy atom. The molecule has 0 saturated carbocycles. The molecule has 1 unspecified atom stereocenters. The molecule has 0 bridgehead atoms. The Kier molecular flexibility index (Phi) is 6.57. The third kappa shape index (κ3) is 4.91. The Balaban J connectivity index is 1.58. The maximum atomic E-state index is 13.3. The van der Waals surface area contributed by atoms with Gasteiger partial charge in [-0.05, 0) is 56.5 Å². The Morgan fingerprint density at radius 3 is 2.71 bits per heavy atom. The Bertz CT molecular complexity index is 1060. The normalized spacial score (nSPS) is 15.5. The molecule has 2 N–H and O–H groups in total. The number of amides is 1. The van der Waals surface area contributed by atoms with Gasteiger partial charge in [-0.15, -0.1) is 0 Å². The molecule has 2 aromatic heterocycles. The molecule has 0 aliphatic carbocycles. The first kappa shape index (κ1) is 21.0. The second-order valence-electron chi connectivity index (χ2n) is 7.95. The highest BCUT2D eigenvalue weighted by Gasteiger charge is 2.23. The van der Waals surface area contributed by atoms with E-state index in [0.717, 1.165) is 31.5 Å². The highest BCUT2D eigenvalue weighted by molar-refractivity contribution is 5.95. The molecule has 31 heavy (non-hydrogen) atoms. The first-order valence-corrected chi connectivity index (χ1v) is 10.7. The van der Waals surface area contributed by atoms with E-state index in [0.29, 0.717) is 18.5 Å². The van der Waals surface area contributed by atoms with Crippen LogP contribution < -0.4 is 16.2 Å². The number of hydrogen-bond donors (Lipinski definition) is 2. The van der Waals surface area contributed by atoms with Crippen molar-refractivity contribution in [1.29, 1.82) is 0 Å². The fourth-order valence-electron chi connectivity index (χ4n) is 4.14. The van der Waals surface area contributed by atoms with Gasteiger partial charge < -0.3 is 15.2 Å². The lowest BCUT2D eigenvalue weighted by Gasteiger charge is -2.26. The van der Waals surface area contributed by atoms with Gasteiger partial charge in [0.2, 0.25) is 0 Å². The fourth-order valence-corrected chi connectivity index (χ4v) is 4.14. The summed E-state index contributed by atoms with van der Waals surface area (Å²) in [6, 6.07) is 11.5. The molecule has 4 rings (SSSR count). The van der Waals surface area contributed by atoms with Gasteiger partial charge in [-0.2, -0.15) is 5.10 Å². The van der Waals surface area contributed by atoms with Gasteiger partial charge in [0.1, 0.15) is 18.2 Å². The lowest BCUT2D eigenvalue weighted by molar-refractivity contribution is 0.0930. The molecule has 1 aliphatic rings. The minimum absolute atomic E-state index is 0.123. The van der Waals surface area contributed by atoms with E-state index in [2.05, 4.69) is 20.7 Å². The molecule has 1 saturated heterocycles. The van der Waals surface area contributed by atoms with Crippen molar-refractivity contribution < 1.29 is 4.79 Å². The quantitative estimate of drug-likeness (QED) is 0.611. The Morgan fingerprint density at radius 1 is 1.23 bits per heavy atom. The first-order valence-electron chi connectivity index (χ1n) is 10.7. The van der Waals surface area contributed by atoms with Crippen LogP contribution >= 0.6 is 0 Å². The van der Waals surface area contributed by atoms with E-state index in [4.69, 9.17) is 0 Å². The number of nitrogens with one attached hydrogen (secondary N) is 2. The van der Waals surface area contributed by atoms with Crippen molar-refractivity contribution in [2.24, 2.45) is 0 Å². The third-order valence-electron chi connectivity index (χ3n) is 5.88. The summed E-state index contributed by atoms with van der Waals surface area (Å²) in [5.41, 5.74) is 1.69. The van der Waals surface area contributed by atoms with Gasteiger partial charge in [0.15, 0.2) is 0 Å². The monoisotopic (exact) mass is 420 g/mol. The van der Waals surface area contributed by atoms with Crippen molar-refractivity contribution in [3.05, 3.63) is 82.3 Å². The summed E-state index contributed by atoms with van der Waals surface area (Å²) in [5, 5.41) is 10.6. The minimum Gasteiger partial charge on any atom is -0.345 e. The van der Waals surface area contributed by atoms with Gasteiger partial charge >= 0.3 is 0 Å². The van der Waals surface area contributed by atoms with Crippen LogP contribution in [0.25, 0.3) is 0 Å². The van der Waals surface area contributed by atoms with Crippen LogP contribution in [0.1, 0.15) is 52.8 Å². The van der Waals surface area contributed by atoms with Crippen LogP contribution in [0.2, 0.25) is 0 Å². The van der Waals surface area contributed by atoms with E-state index >= 15 is 0 Å². The molecule has 8 nitrogen and oxygen atoms in total.